The normalized spacial score (nSPS) is 14.7. The Morgan fingerprint density at radius 3 is 2.43 bits per heavy atom. The Morgan fingerprint density at radius 2 is 1.78 bits per heavy atom. The van der Waals surface area contributed by atoms with Crippen LogP contribution in [0.3, 0.4) is 0 Å². The van der Waals surface area contributed by atoms with Crippen LogP contribution >= 0.6 is 0 Å². The Balaban J connectivity index is 0.00000186. The van der Waals surface area contributed by atoms with Crippen LogP contribution in [0.15, 0.2) is 72.8 Å². The van der Waals surface area contributed by atoms with Gasteiger partial charge in [0.1, 0.15) is 11.9 Å². The van der Waals surface area contributed by atoms with Gasteiger partial charge in [0.15, 0.2) is 0 Å². The second-order valence-corrected chi connectivity index (χ2v) is 8.89. The van der Waals surface area contributed by atoms with E-state index in [0.29, 0.717) is 11.3 Å². The standard InChI is InChI=1S/C28H30FN3O3.CH4O/c1-20(33)30-17-25-19-32(28(34)35-25)24-12-13-26(27(29)16-24)23-10-8-21(9-11-23)14-15-31(2)18-22-6-4-3-5-7-22;1-2/h3-13,16,25H,14-15,17-19H2,1-2H3,(H,30,33);2H,1H3. The predicted molar refractivity (Wildman–Crippen MR) is 143 cm³/mol. The summed E-state index contributed by atoms with van der Waals surface area (Å²) in [6.07, 6.45) is -0.107. The summed E-state index contributed by atoms with van der Waals surface area (Å²) in [6.45, 7) is 3.71. The third-order valence-corrected chi connectivity index (χ3v) is 6.06. The van der Waals surface area contributed by atoms with E-state index < -0.39 is 18.0 Å². The molecule has 0 saturated carbocycles. The molecule has 0 spiro atoms. The third-order valence-electron chi connectivity index (χ3n) is 6.06. The van der Waals surface area contributed by atoms with Crippen molar-refractivity contribution in [3.63, 3.8) is 0 Å². The molecule has 7 nitrogen and oxygen atoms in total. The Bertz CT molecular complexity index is 1170. The summed E-state index contributed by atoms with van der Waals surface area (Å²) in [5.74, 6) is -0.601. The SMILES string of the molecule is CC(=O)NCC1CN(c2ccc(-c3ccc(CCN(C)Cc4ccccc4)cc3)c(F)c2)C(=O)O1.CO. The predicted octanol–water partition coefficient (Wildman–Crippen LogP) is 4.24. The maximum absolute atomic E-state index is 15.0. The monoisotopic (exact) mass is 507 g/mol. The Hall–Kier alpha value is -3.75. The van der Waals surface area contributed by atoms with Crippen LogP contribution in [0, 0.1) is 5.82 Å². The van der Waals surface area contributed by atoms with Crippen LogP contribution in [0.4, 0.5) is 14.9 Å². The van der Waals surface area contributed by atoms with Crippen molar-refractivity contribution in [3.05, 3.63) is 89.7 Å². The molecule has 0 aliphatic carbocycles. The van der Waals surface area contributed by atoms with Gasteiger partial charge in [-0.05, 0) is 48.4 Å². The molecule has 1 aliphatic rings. The number of benzene rings is 3. The van der Waals surface area contributed by atoms with E-state index >= 15 is 0 Å². The van der Waals surface area contributed by atoms with Gasteiger partial charge in [-0.25, -0.2) is 9.18 Å². The number of hydrogen-bond acceptors (Lipinski definition) is 5. The van der Waals surface area contributed by atoms with Crippen molar-refractivity contribution >= 4 is 17.7 Å². The first-order valence-corrected chi connectivity index (χ1v) is 12.2. The Morgan fingerprint density at radius 1 is 1.08 bits per heavy atom. The van der Waals surface area contributed by atoms with Gasteiger partial charge in [-0.3, -0.25) is 9.69 Å². The van der Waals surface area contributed by atoms with Gasteiger partial charge in [-0.1, -0.05) is 54.6 Å². The lowest BCUT2D eigenvalue weighted by molar-refractivity contribution is -0.119. The fourth-order valence-electron chi connectivity index (χ4n) is 4.15. The zero-order valence-corrected chi connectivity index (χ0v) is 21.5. The molecule has 1 atom stereocenters. The van der Waals surface area contributed by atoms with E-state index in [1.165, 1.54) is 29.0 Å². The molecule has 8 heteroatoms. The number of nitrogens with zero attached hydrogens (tertiary/aromatic N) is 2. The molecule has 1 saturated heterocycles. The minimum absolute atomic E-state index is 0.194. The van der Waals surface area contributed by atoms with Crippen LogP contribution in [-0.2, 0) is 22.5 Å². The van der Waals surface area contributed by atoms with Crippen molar-refractivity contribution in [2.45, 2.75) is 26.0 Å². The molecule has 3 aromatic carbocycles. The number of halogens is 1. The average molecular weight is 508 g/mol. The highest BCUT2D eigenvalue weighted by Gasteiger charge is 2.32. The van der Waals surface area contributed by atoms with Crippen molar-refractivity contribution in [2.24, 2.45) is 0 Å². The molecule has 3 aromatic rings. The first-order chi connectivity index (χ1) is 17.9. The summed E-state index contributed by atoms with van der Waals surface area (Å²) in [5.41, 5.74) is 4.16. The van der Waals surface area contributed by atoms with Crippen molar-refractivity contribution < 1.29 is 23.8 Å². The Labute approximate surface area is 217 Å². The maximum atomic E-state index is 15.0. The lowest BCUT2D eigenvalue weighted by Crippen LogP contribution is -2.33. The number of cyclic esters (lactones) is 1. The third kappa shape index (κ3) is 7.87. The van der Waals surface area contributed by atoms with Gasteiger partial charge < -0.3 is 20.1 Å². The molecule has 0 aromatic heterocycles. The highest BCUT2D eigenvalue weighted by molar-refractivity contribution is 5.90. The highest BCUT2D eigenvalue weighted by Crippen LogP contribution is 2.29. The summed E-state index contributed by atoms with van der Waals surface area (Å²) in [7, 11) is 3.11. The van der Waals surface area contributed by atoms with Crippen LogP contribution in [-0.4, -0.2) is 61.9 Å². The topological polar surface area (TPSA) is 82.1 Å². The minimum Gasteiger partial charge on any atom is -0.442 e. The molecule has 2 amide bonds. The number of rotatable bonds is 9. The second kappa shape index (κ2) is 13.5. The number of carbonyl (C=O) groups excluding carboxylic acids is 2. The summed E-state index contributed by atoms with van der Waals surface area (Å²) >= 11 is 0. The van der Waals surface area contributed by atoms with E-state index in [2.05, 4.69) is 41.5 Å². The molecule has 0 bridgehead atoms. The lowest BCUT2D eigenvalue weighted by Gasteiger charge is -2.17. The molecule has 1 aliphatic heterocycles. The number of ether oxygens (including phenoxy) is 1. The van der Waals surface area contributed by atoms with Crippen molar-refractivity contribution in [1.29, 1.82) is 0 Å². The van der Waals surface area contributed by atoms with Crippen LogP contribution in [0.5, 0.6) is 0 Å². The molecule has 196 valence electrons. The molecule has 1 heterocycles. The first kappa shape index (κ1) is 27.8. The smallest absolute Gasteiger partial charge is 0.414 e. The number of nitrogens with one attached hydrogen (secondary N) is 1. The quantitative estimate of drug-likeness (QED) is 0.453. The van der Waals surface area contributed by atoms with Gasteiger partial charge in [-0.15, -0.1) is 0 Å². The summed E-state index contributed by atoms with van der Waals surface area (Å²) in [4.78, 5) is 27.0. The number of aliphatic hydroxyl groups excluding tert-OH is 1. The number of anilines is 1. The minimum atomic E-state index is -0.547. The molecule has 0 radical (unpaired) electrons. The van der Waals surface area contributed by atoms with Crippen LogP contribution in [0.2, 0.25) is 0 Å². The molecule has 4 rings (SSSR count). The van der Waals surface area contributed by atoms with Gasteiger partial charge in [0.05, 0.1) is 18.8 Å². The van der Waals surface area contributed by atoms with E-state index in [4.69, 9.17) is 9.84 Å². The van der Waals surface area contributed by atoms with Crippen molar-refractivity contribution in [3.8, 4) is 11.1 Å². The molecule has 1 fully saturated rings. The van der Waals surface area contributed by atoms with Gasteiger partial charge >= 0.3 is 6.09 Å². The average Bonchev–Trinajstić information content (AvgIpc) is 3.29. The molecule has 37 heavy (non-hydrogen) atoms. The molecule has 1 unspecified atom stereocenters. The zero-order chi connectivity index (χ0) is 26.8. The number of amides is 2. The van der Waals surface area contributed by atoms with Gasteiger partial charge in [0.2, 0.25) is 5.91 Å². The van der Waals surface area contributed by atoms with E-state index in [-0.39, 0.29) is 19.0 Å². The lowest BCUT2D eigenvalue weighted by atomic mass is 10.0. The van der Waals surface area contributed by atoms with Crippen LogP contribution in [0.1, 0.15) is 18.1 Å². The van der Waals surface area contributed by atoms with Crippen molar-refractivity contribution in [2.75, 3.05) is 38.7 Å². The van der Waals surface area contributed by atoms with Crippen molar-refractivity contribution in [1.82, 2.24) is 10.2 Å². The second-order valence-electron chi connectivity index (χ2n) is 8.89. The summed E-state index contributed by atoms with van der Waals surface area (Å²) in [5, 5.41) is 9.63. The molecular formula is C29H34FN3O4. The highest BCUT2D eigenvalue weighted by atomic mass is 19.1. The van der Waals surface area contributed by atoms with Crippen LogP contribution in [0.25, 0.3) is 11.1 Å². The van der Waals surface area contributed by atoms with E-state index in [0.717, 1.165) is 32.2 Å². The zero-order valence-electron chi connectivity index (χ0n) is 21.5. The van der Waals surface area contributed by atoms with E-state index in [1.807, 2.05) is 30.3 Å². The number of hydrogen-bond donors (Lipinski definition) is 2. The number of aliphatic hydroxyl groups is 1. The molecular weight excluding hydrogens is 473 g/mol. The van der Waals surface area contributed by atoms with Gasteiger partial charge in [0.25, 0.3) is 0 Å². The fourth-order valence-corrected chi connectivity index (χ4v) is 4.15. The van der Waals surface area contributed by atoms with E-state index in [1.54, 1.807) is 12.1 Å². The van der Waals surface area contributed by atoms with Gasteiger partial charge in [-0.2, -0.15) is 0 Å². The largest absolute Gasteiger partial charge is 0.442 e. The Kier molecular flexibility index (Phi) is 10.2. The van der Waals surface area contributed by atoms with Crippen LogP contribution < -0.4 is 10.2 Å². The number of carbonyl (C=O) groups is 2. The summed E-state index contributed by atoms with van der Waals surface area (Å²) in [6, 6.07) is 23.0. The molecule has 2 N–H and O–H groups in total. The maximum Gasteiger partial charge on any atom is 0.414 e. The number of likely N-dealkylation sites (N-methyl/N-ethyl adjacent to an activating group) is 1. The summed E-state index contributed by atoms with van der Waals surface area (Å²) < 4.78 is 20.3. The fraction of sp³-hybridized carbons (Fsp3) is 0.310. The first-order valence-electron chi connectivity index (χ1n) is 12.2. The van der Waals surface area contributed by atoms with E-state index in [9.17, 15) is 14.0 Å². The van der Waals surface area contributed by atoms with Gasteiger partial charge in [0, 0.05) is 32.7 Å².